The Morgan fingerprint density at radius 3 is 2.86 bits per heavy atom. The number of hydrogen-bond donors (Lipinski definition) is 0. The summed E-state index contributed by atoms with van der Waals surface area (Å²) in [4.78, 5) is 11.4. The van der Waals surface area contributed by atoms with Crippen LogP contribution in [0.25, 0.3) is 10.9 Å². The fourth-order valence-corrected chi connectivity index (χ4v) is 3.20. The highest BCUT2D eigenvalue weighted by Crippen LogP contribution is 2.27. The first-order chi connectivity index (χ1) is 10.3. The molecule has 0 saturated carbocycles. The third kappa shape index (κ3) is 3.05. The zero-order valence-corrected chi connectivity index (χ0v) is 13.2. The Morgan fingerprint density at radius 1 is 1.24 bits per heavy atom. The highest BCUT2D eigenvalue weighted by Gasteiger charge is 2.10. The number of fused-ring (bicyclic) bond motifs is 1. The zero-order chi connectivity index (χ0) is 14.7. The third-order valence-corrected chi connectivity index (χ3v) is 4.29. The fraction of sp³-hybridized carbons (Fsp3) is 0.294. The summed E-state index contributed by atoms with van der Waals surface area (Å²) in [5.74, 6) is 0. The SMILES string of the molecule is CCCc1cc(N(C)Cc2nccs2)c2ccccc2n1. The predicted molar refractivity (Wildman–Crippen MR) is 90.0 cm³/mol. The lowest BCUT2D eigenvalue weighted by molar-refractivity contribution is 0.877. The second-order valence-electron chi connectivity index (χ2n) is 5.18. The van der Waals surface area contributed by atoms with Crippen molar-refractivity contribution < 1.29 is 0 Å². The van der Waals surface area contributed by atoms with Gasteiger partial charge in [0, 0.05) is 35.4 Å². The summed E-state index contributed by atoms with van der Waals surface area (Å²) in [7, 11) is 2.12. The number of aromatic nitrogens is 2. The molecule has 0 atom stereocenters. The summed E-state index contributed by atoms with van der Waals surface area (Å²) in [6.07, 6.45) is 3.99. The lowest BCUT2D eigenvalue weighted by atomic mass is 10.1. The van der Waals surface area contributed by atoms with Crippen LogP contribution in [-0.4, -0.2) is 17.0 Å². The van der Waals surface area contributed by atoms with Crippen LogP contribution in [0.4, 0.5) is 5.69 Å². The van der Waals surface area contributed by atoms with Crippen LogP contribution in [0.5, 0.6) is 0 Å². The lowest BCUT2D eigenvalue weighted by Crippen LogP contribution is -2.17. The van der Waals surface area contributed by atoms with Gasteiger partial charge in [0.1, 0.15) is 5.01 Å². The van der Waals surface area contributed by atoms with Crippen molar-refractivity contribution in [2.45, 2.75) is 26.3 Å². The van der Waals surface area contributed by atoms with Gasteiger partial charge in [-0.25, -0.2) is 4.98 Å². The first-order valence-electron chi connectivity index (χ1n) is 7.26. The summed E-state index contributed by atoms with van der Waals surface area (Å²) >= 11 is 1.70. The van der Waals surface area contributed by atoms with Gasteiger partial charge in [0.05, 0.1) is 12.1 Å². The molecule has 4 heteroatoms. The van der Waals surface area contributed by atoms with E-state index in [2.05, 4.69) is 54.2 Å². The first-order valence-corrected chi connectivity index (χ1v) is 8.14. The van der Waals surface area contributed by atoms with Crippen molar-refractivity contribution in [3.8, 4) is 0 Å². The van der Waals surface area contributed by atoms with Crippen molar-refractivity contribution in [3.63, 3.8) is 0 Å². The van der Waals surface area contributed by atoms with Crippen LogP contribution in [-0.2, 0) is 13.0 Å². The van der Waals surface area contributed by atoms with Gasteiger partial charge in [-0.15, -0.1) is 11.3 Å². The van der Waals surface area contributed by atoms with Crippen LogP contribution in [0, 0.1) is 0 Å². The van der Waals surface area contributed by atoms with E-state index in [1.165, 1.54) is 11.1 Å². The highest BCUT2D eigenvalue weighted by molar-refractivity contribution is 7.09. The number of hydrogen-bond acceptors (Lipinski definition) is 4. The Morgan fingerprint density at radius 2 is 2.10 bits per heavy atom. The molecule has 0 aliphatic carbocycles. The zero-order valence-electron chi connectivity index (χ0n) is 12.4. The molecule has 1 aromatic carbocycles. The minimum absolute atomic E-state index is 0.831. The average Bonchev–Trinajstić information content (AvgIpc) is 2.99. The van der Waals surface area contributed by atoms with E-state index in [9.17, 15) is 0 Å². The van der Waals surface area contributed by atoms with Crippen molar-refractivity contribution in [1.29, 1.82) is 0 Å². The van der Waals surface area contributed by atoms with Crippen LogP contribution in [0.15, 0.2) is 41.9 Å². The molecule has 0 aliphatic heterocycles. The monoisotopic (exact) mass is 297 g/mol. The number of para-hydroxylation sites is 1. The number of nitrogens with zero attached hydrogens (tertiary/aromatic N) is 3. The van der Waals surface area contributed by atoms with Crippen LogP contribution < -0.4 is 4.90 Å². The van der Waals surface area contributed by atoms with Gasteiger partial charge in [-0.1, -0.05) is 31.5 Å². The number of anilines is 1. The number of thiazole rings is 1. The standard InChI is InChI=1S/C17H19N3S/c1-3-6-13-11-16(14-7-4-5-8-15(14)19-13)20(2)12-17-18-9-10-21-17/h4-5,7-11H,3,6,12H2,1-2H3. The molecular weight excluding hydrogens is 278 g/mol. The molecule has 0 N–H and O–H groups in total. The van der Waals surface area contributed by atoms with Gasteiger partial charge in [-0.2, -0.15) is 0 Å². The summed E-state index contributed by atoms with van der Waals surface area (Å²) in [6.45, 7) is 3.02. The van der Waals surface area contributed by atoms with E-state index in [0.29, 0.717) is 0 Å². The fourth-order valence-electron chi connectivity index (χ4n) is 2.53. The predicted octanol–water partition coefficient (Wildman–Crippen LogP) is 4.28. The number of pyridine rings is 1. The average molecular weight is 297 g/mol. The van der Waals surface area contributed by atoms with Crippen molar-refractivity contribution in [1.82, 2.24) is 9.97 Å². The maximum Gasteiger partial charge on any atom is 0.112 e. The molecule has 3 nitrogen and oxygen atoms in total. The van der Waals surface area contributed by atoms with Crippen molar-refractivity contribution in [3.05, 3.63) is 52.6 Å². The molecule has 0 amide bonds. The van der Waals surface area contributed by atoms with Crippen LogP contribution in [0.1, 0.15) is 24.0 Å². The van der Waals surface area contributed by atoms with Gasteiger partial charge >= 0.3 is 0 Å². The highest BCUT2D eigenvalue weighted by atomic mass is 32.1. The van der Waals surface area contributed by atoms with Gasteiger partial charge in [-0.3, -0.25) is 4.98 Å². The Kier molecular flexibility index (Phi) is 4.15. The number of benzene rings is 1. The number of aryl methyl sites for hydroxylation is 1. The second-order valence-corrected chi connectivity index (χ2v) is 6.16. The van der Waals surface area contributed by atoms with E-state index in [1.807, 2.05) is 11.6 Å². The Bertz CT molecular complexity index is 722. The minimum atomic E-state index is 0.831. The van der Waals surface area contributed by atoms with Gasteiger partial charge < -0.3 is 4.90 Å². The van der Waals surface area contributed by atoms with Gasteiger partial charge in [-0.05, 0) is 18.6 Å². The van der Waals surface area contributed by atoms with Crippen molar-refractivity contribution >= 4 is 27.9 Å². The molecule has 108 valence electrons. The molecule has 0 radical (unpaired) electrons. The molecule has 2 heterocycles. The summed E-state index contributed by atoms with van der Waals surface area (Å²) < 4.78 is 0. The summed E-state index contributed by atoms with van der Waals surface area (Å²) in [5, 5.41) is 4.36. The quantitative estimate of drug-likeness (QED) is 0.704. The van der Waals surface area contributed by atoms with E-state index in [0.717, 1.165) is 35.6 Å². The maximum absolute atomic E-state index is 4.77. The minimum Gasteiger partial charge on any atom is -0.367 e. The Balaban J connectivity index is 2.02. The van der Waals surface area contributed by atoms with Gasteiger partial charge in [0.15, 0.2) is 0 Å². The molecule has 2 aromatic heterocycles. The van der Waals surface area contributed by atoms with Crippen LogP contribution >= 0.6 is 11.3 Å². The van der Waals surface area contributed by atoms with E-state index < -0.39 is 0 Å². The van der Waals surface area contributed by atoms with Crippen molar-refractivity contribution in [2.24, 2.45) is 0 Å². The van der Waals surface area contributed by atoms with E-state index in [-0.39, 0.29) is 0 Å². The third-order valence-electron chi connectivity index (χ3n) is 3.52. The van der Waals surface area contributed by atoms with E-state index in [1.54, 1.807) is 11.3 Å². The summed E-state index contributed by atoms with van der Waals surface area (Å²) in [5.41, 5.74) is 3.47. The Hall–Kier alpha value is -1.94. The maximum atomic E-state index is 4.77. The largest absolute Gasteiger partial charge is 0.367 e. The van der Waals surface area contributed by atoms with E-state index >= 15 is 0 Å². The molecule has 0 saturated heterocycles. The lowest BCUT2D eigenvalue weighted by Gasteiger charge is -2.21. The normalized spacial score (nSPS) is 11.0. The summed E-state index contributed by atoms with van der Waals surface area (Å²) in [6, 6.07) is 10.6. The molecule has 3 rings (SSSR count). The molecule has 21 heavy (non-hydrogen) atoms. The van der Waals surface area contributed by atoms with Crippen LogP contribution in [0.3, 0.4) is 0 Å². The molecular formula is C17H19N3S. The van der Waals surface area contributed by atoms with E-state index in [4.69, 9.17) is 4.98 Å². The van der Waals surface area contributed by atoms with Gasteiger partial charge in [0.2, 0.25) is 0 Å². The molecule has 0 fully saturated rings. The molecule has 0 unspecified atom stereocenters. The number of rotatable bonds is 5. The molecule has 0 bridgehead atoms. The van der Waals surface area contributed by atoms with Gasteiger partial charge in [0.25, 0.3) is 0 Å². The van der Waals surface area contributed by atoms with Crippen molar-refractivity contribution in [2.75, 3.05) is 11.9 Å². The first kappa shape index (κ1) is 14.0. The topological polar surface area (TPSA) is 29.0 Å². The molecule has 0 spiro atoms. The molecule has 0 aliphatic rings. The Labute approximate surface area is 129 Å². The van der Waals surface area contributed by atoms with Crippen LogP contribution in [0.2, 0.25) is 0 Å². The molecule has 3 aromatic rings. The smallest absolute Gasteiger partial charge is 0.112 e. The second kappa shape index (κ2) is 6.22.